The van der Waals surface area contributed by atoms with Crippen molar-refractivity contribution in [3.05, 3.63) is 34.9 Å². The van der Waals surface area contributed by atoms with Gasteiger partial charge in [-0.25, -0.2) is 4.79 Å². The molecule has 0 aromatic heterocycles. The standard InChI is InChI=1S/C15H21BO4/c1-10-8-11(13(17)18)6-7-12(10)9-16-19-14(2,3)15(4,5)20-16/h6-8H,9H2,1-5H3,(H,17,18). The summed E-state index contributed by atoms with van der Waals surface area (Å²) in [6.07, 6.45) is 0.624. The molecule has 5 heteroatoms. The van der Waals surface area contributed by atoms with Gasteiger partial charge in [0.15, 0.2) is 0 Å². The fraction of sp³-hybridized carbons (Fsp3) is 0.533. The number of aromatic carboxylic acids is 1. The molecule has 1 aliphatic rings. The molecule has 1 fully saturated rings. The molecule has 0 atom stereocenters. The Morgan fingerprint density at radius 3 is 2.20 bits per heavy atom. The fourth-order valence-corrected chi connectivity index (χ4v) is 2.29. The van der Waals surface area contributed by atoms with Gasteiger partial charge in [-0.05, 0) is 57.9 Å². The monoisotopic (exact) mass is 276 g/mol. The van der Waals surface area contributed by atoms with Crippen molar-refractivity contribution in [3.63, 3.8) is 0 Å². The van der Waals surface area contributed by atoms with Crippen molar-refractivity contribution in [1.29, 1.82) is 0 Å². The minimum absolute atomic E-state index is 0.297. The third-order valence-corrected chi connectivity index (χ3v) is 4.28. The van der Waals surface area contributed by atoms with Gasteiger partial charge in [0.25, 0.3) is 0 Å². The molecular formula is C15H21BO4. The SMILES string of the molecule is Cc1cc(C(=O)O)ccc1CB1OC(C)(C)C(C)(C)O1. The third kappa shape index (κ3) is 2.74. The van der Waals surface area contributed by atoms with Crippen LogP contribution >= 0.6 is 0 Å². The van der Waals surface area contributed by atoms with Crippen LogP contribution in [0.15, 0.2) is 18.2 Å². The first-order valence-electron chi connectivity index (χ1n) is 6.81. The molecule has 0 saturated carbocycles. The number of carbonyl (C=O) groups is 1. The van der Waals surface area contributed by atoms with Crippen LogP contribution in [-0.4, -0.2) is 29.4 Å². The van der Waals surface area contributed by atoms with Crippen LogP contribution in [0.25, 0.3) is 0 Å². The Morgan fingerprint density at radius 2 is 1.75 bits per heavy atom. The highest BCUT2D eigenvalue weighted by molar-refractivity contribution is 6.45. The van der Waals surface area contributed by atoms with Gasteiger partial charge in [-0.2, -0.15) is 0 Å². The molecule has 0 radical (unpaired) electrons. The quantitative estimate of drug-likeness (QED) is 0.862. The van der Waals surface area contributed by atoms with Crippen molar-refractivity contribution < 1.29 is 19.2 Å². The van der Waals surface area contributed by atoms with Crippen molar-refractivity contribution in [2.45, 2.75) is 52.1 Å². The maximum atomic E-state index is 10.9. The molecule has 0 spiro atoms. The van der Waals surface area contributed by atoms with E-state index in [0.717, 1.165) is 11.1 Å². The van der Waals surface area contributed by atoms with E-state index in [9.17, 15) is 4.79 Å². The molecule has 1 heterocycles. The highest BCUT2D eigenvalue weighted by Gasteiger charge is 2.50. The Morgan fingerprint density at radius 1 is 1.20 bits per heavy atom. The Balaban J connectivity index is 2.14. The van der Waals surface area contributed by atoms with E-state index in [4.69, 9.17) is 14.4 Å². The highest BCUT2D eigenvalue weighted by atomic mass is 16.7. The van der Waals surface area contributed by atoms with Gasteiger partial charge in [0, 0.05) is 6.32 Å². The molecule has 0 aliphatic carbocycles. The van der Waals surface area contributed by atoms with Crippen LogP contribution in [0, 0.1) is 6.92 Å². The number of rotatable bonds is 3. The van der Waals surface area contributed by atoms with E-state index in [1.54, 1.807) is 12.1 Å². The number of carboxylic acid groups (broad SMARTS) is 1. The van der Waals surface area contributed by atoms with Gasteiger partial charge in [-0.3, -0.25) is 0 Å². The van der Waals surface area contributed by atoms with Crippen molar-refractivity contribution >= 4 is 13.1 Å². The summed E-state index contributed by atoms with van der Waals surface area (Å²) in [6.45, 7) is 9.99. The maximum Gasteiger partial charge on any atom is 0.462 e. The van der Waals surface area contributed by atoms with Crippen LogP contribution in [0.2, 0.25) is 0 Å². The normalized spacial score (nSPS) is 20.1. The molecule has 0 bridgehead atoms. The first-order valence-corrected chi connectivity index (χ1v) is 6.81. The molecule has 0 unspecified atom stereocenters. The second-order valence-electron chi connectivity index (χ2n) is 6.34. The molecule has 1 aromatic rings. The number of aryl methyl sites for hydroxylation is 1. The molecule has 108 valence electrons. The highest BCUT2D eigenvalue weighted by Crippen LogP contribution is 2.37. The smallest absolute Gasteiger partial charge is 0.462 e. The summed E-state index contributed by atoms with van der Waals surface area (Å²) in [6, 6.07) is 5.14. The average Bonchev–Trinajstić information content (AvgIpc) is 2.49. The maximum absolute atomic E-state index is 10.9. The van der Waals surface area contributed by atoms with E-state index in [0.29, 0.717) is 11.9 Å². The Labute approximate surface area is 120 Å². The summed E-state index contributed by atoms with van der Waals surface area (Å²) < 4.78 is 11.9. The van der Waals surface area contributed by atoms with E-state index < -0.39 is 5.97 Å². The molecule has 4 nitrogen and oxygen atoms in total. The van der Waals surface area contributed by atoms with Crippen molar-refractivity contribution in [3.8, 4) is 0 Å². The van der Waals surface area contributed by atoms with Crippen LogP contribution in [0.1, 0.15) is 49.2 Å². The number of hydrogen-bond donors (Lipinski definition) is 1. The fourth-order valence-electron chi connectivity index (χ4n) is 2.29. The minimum atomic E-state index is -0.907. The lowest BCUT2D eigenvalue weighted by atomic mass is 9.79. The van der Waals surface area contributed by atoms with Gasteiger partial charge in [0.1, 0.15) is 0 Å². The van der Waals surface area contributed by atoms with E-state index in [1.807, 2.05) is 40.7 Å². The first kappa shape index (κ1) is 15.1. The van der Waals surface area contributed by atoms with Gasteiger partial charge in [-0.15, -0.1) is 0 Å². The third-order valence-electron chi connectivity index (χ3n) is 4.28. The van der Waals surface area contributed by atoms with Gasteiger partial charge >= 0.3 is 13.1 Å². The molecule has 1 aliphatic heterocycles. The van der Waals surface area contributed by atoms with Crippen LogP contribution in [0.5, 0.6) is 0 Å². The molecule has 1 N–H and O–H groups in total. The van der Waals surface area contributed by atoms with Crippen LogP contribution in [-0.2, 0) is 15.6 Å². The summed E-state index contributed by atoms with van der Waals surface area (Å²) in [5.41, 5.74) is 1.62. The minimum Gasteiger partial charge on any atom is -0.478 e. The largest absolute Gasteiger partial charge is 0.478 e. The van der Waals surface area contributed by atoms with E-state index >= 15 is 0 Å². The van der Waals surface area contributed by atoms with Gasteiger partial charge in [-0.1, -0.05) is 6.07 Å². The lowest BCUT2D eigenvalue weighted by Gasteiger charge is -2.32. The van der Waals surface area contributed by atoms with E-state index in [1.165, 1.54) is 0 Å². The molecule has 0 amide bonds. The zero-order chi connectivity index (χ0) is 15.1. The predicted octanol–water partition coefficient (Wildman–Crippen LogP) is 2.87. The molecule has 1 aromatic carbocycles. The van der Waals surface area contributed by atoms with Gasteiger partial charge < -0.3 is 14.4 Å². The second-order valence-corrected chi connectivity index (χ2v) is 6.34. The topological polar surface area (TPSA) is 55.8 Å². The van der Waals surface area contributed by atoms with Crippen molar-refractivity contribution in [2.75, 3.05) is 0 Å². The van der Waals surface area contributed by atoms with Crippen LogP contribution < -0.4 is 0 Å². The van der Waals surface area contributed by atoms with E-state index in [2.05, 4.69) is 0 Å². The molecule has 1 saturated heterocycles. The van der Waals surface area contributed by atoms with Crippen molar-refractivity contribution in [1.82, 2.24) is 0 Å². The zero-order valence-corrected chi connectivity index (χ0v) is 12.7. The first-order chi connectivity index (χ1) is 9.12. The van der Waals surface area contributed by atoms with E-state index in [-0.39, 0.29) is 18.3 Å². The lowest BCUT2D eigenvalue weighted by molar-refractivity contribution is 0.00578. The van der Waals surface area contributed by atoms with Crippen LogP contribution in [0.3, 0.4) is 0 Å². The van der Waals surface area contributed by atoms with Gasteiger partial charge in [0.2, 0.25) is 0 Å². The predicted molar refractivity (Wildman–Crippen MR) is 77.9 cm³/mol. The Bertz CT molecular complexity index is 521. The molecular weight excluding hydrogens is 255 g/mol. The number of carboxylic acids is 1. The van der Waals surface area contributed by atoms with Crippen molar-refractivity contribution in [2.24, 2.45) is 0 Å². The summed E-state index contributed by atoms with van der Waals surface area (Å²) in [5.74, 6) is -0.907. The lowest BCUT2D eigenvalue weighted by Crippen LogP contribution is -2.41. The molecule has 2 rings (SSSR count). The summed E-state index contributed by atoms with van der Waals surface area (Å²) in [7, 11) is -0.297. The summed E-state index contributed by atoms with van der Waals surface area (Å²) in [5, 5.41) is 8.97. The Kier molecular flexibility index (Phi) is 3.69. The number of benzene rings is 1. The van der Waals surface area contributed by atoms with Crippen LogP contribution in [0.4, 0.5) is 0 Å². The van der Waals surface area contributed by atoms with Gasteiger partial charge in [0.05, 0.1) is 16.8 Å². The number of hydrogen-bond acceptors (Lipinski definition) is 3. The molecule has 20 heavy (non-hydrogen) atoms. The zero-order valence-electron chi connectivity index (χ0n) is 12.7. The second kappa shape index (κ2) is 4.90. The summed E-state index contributed by atoms with van der Waals surface area (Å²) in [4.78, 5) is 10.9. The average molecular weight is 276 g/mol. The Hall–Kier alpha value is -1.33. The summed E-state index contributed by atoms with van der Waals surface area (Å²) >= 11 is 0.